The number of sulfonamides is 1. The van der Waals surface area contributed by atoms with E-state index in [0.717, 1.165) is 0 Å². The molecule has 8 heteroatoms. The topological polar surface area (TPSA) is 86.6 Å². The Hall–Kier alpha value is -1.03. The molecule has 0 radical (unpaired) electrons. The van der Waals surface area contributed by atoms with Gasteiger partial charge in [0.1, 0.15) is 0 Å². The summed E-state index contributed by atoms with van der Waals surface area (Å²) in [7, 11) is -5.40. The molecule has 0 saturated carbocycles. The number of benzene rings is 2. The second-order valence-electron chi connectivity index (χ2n) is 8.72. The standard InChI is InChI=1S/C12H11BNO4S.3C4H9.Sn/c15-13(16)10-5-4-6-11(9-10)14-19(17,18)12-7-2-1-3-8-12;3*1-3-4-2;/h2-9,14-16H;3*1,3-4H2,2H3;. The van der Waals surface area contributed by atoms with Crippen molar-refractivity contribution in [1.29, 1.82) is 0 Å². The van der Waals surface area contributed by atoms with Gasteiger partial charge in [-0.1, -0.05) is 0 Å². The van der Waals surface area contributed by atoms with Crippen LogP contribution in [0.1, 0.15) is 59.3 Å². The van der Waals surface area contributed by atoms with Crippen molar-refractivity contribution < 1.29 is 18.5 Å². The molecule has 0 aliphatic heterocycles. The number of rotatable bonds is 14. The van der Waals surface area contributed by atoms with Crippen molar-refractivity contribution in [2.45, 2.75) is 77.5 Å². The Morgan fingerprint density at radius 1 is 0.844 bits per heavy atom. The molecule has 5 nitrogen and oxygen atoms in total. The van der Waals surface area contributed by atoms with Gasteiger partial charge in [0, 0.05) is 0 Å². The summed E-state index contributed by atoms with van der Waals surface area (Å²) in [6.45, 7) is 6.76. The SMILES string of the molecule is CCC[CH2][Sn]([CH2]CCC)([CH2]CCC)[c]1ccc(S(=O)(=O)Nc2cccc(B(O)O)c2)cc1. The number of hydrogen-bond donors (Lipinski definition) is 3. The Balaban J connectivity index is 2.31. The van der Waals surface area contributed by atoms with E-state index in [1.165, 1.54) is 67.5 Å². The molecule has 176 valence electrons. The molecule has 0 bridgehead atoms. The normalized spacial score (nSPS) is 12.0. The van der Waals surface area contributed by atoms with Gasteiger partial charge >= 0.3 is 199 Å². The van der Waals surface area contributed by atoms with Crippen LogP contribution in [0, 0.1) is 0 Å². The summed E-state index contributed by atoms with van der Waals surface area (Å²) in [6, 6.07) is 13.8. The molecule has 0 spiro atoms. The van der Waals surface area contributed by atoms with E-state index in [4.69, 9.17) is 0 Å². The third-order valence-electron chi connectivity index (χ3n) is 6.24. The van der Waals surface area contributed by atoms with E-state index in [9.17, 15) is 18.5 Å². The Morgan fingerprint density at radius 2 is 1.38 bits per heavy atom. The zero-order chi connectivity index (χ0) is 23.6. The molecule has 32 heavy (non-hydrogen) atoms. The van der Waals surface area contributed by atoms with Crippen LogP contribution in [0.3, 0.4) is 0 Å². The van der Waals surface area contributed by atoms with Crippen molar-refractivity contribution in [1.82, 2.24) is 0 Å². The van der Waals surface area contributed by atoms with Crippen LogP contribution in [-0.2, 0) is 10.0 Å². The molecule has 2 aromatic rings. The molecule has 0 atom stereocenters. The van der Waals surface area contributed by atoms with Gasteiger partial charge in [-0.25, -0.2) is 0 Å². The summed E-state index contributed by atoms with van der Waals surface area (Å²) in [5, 5.41) is 18.7. The molecule has 2 aromatic carbocycles. The Bertz CT molecular complexity index is 913. The summed E-state index contributed by atoms with van der Waals surface area (Å²) in [5.74, 6) is 0. The second-order valence-corrected chi connectivity index (χ2v) is 23.6. The molecular formula is C24H38BNO4SSn. The van der Waals surface area contributed by atoms with Crippen LogP contribution in [-0.4, -0.2) is 44.0 Å². The van der Waals surface area contributed by atoms with Crippen molar-refractivity contribution in [3.8, 4) is 0 Å². The number of nitrogens with one attached hydrogen (secondary N) is 1. The first kappa shape index (κ1) is 27.2. The van der Waals surface area contributed by atoms with Crippen molar-refractivity contribution >= 4 is 50.2 Å². The van der Waals surface area contributed by atoms with Gasteiger partial charge < -0.3 is 0 Å². The fourth-order valence-corrected chi connectivity index (χ4v) is 21.3. The van der Waals surface area contributed by atoms with Crippen molar-refractivity contribution in [2.75, 3.05) is 4.72 Å². The first-order valence-corrected chi connectivity index (χ1v) is 20.8. The van der Waals surface area contributed by atoms with Gasteiger partial charge in [-0.15, -0.1) is 0 Å². The van der Waals surface area contributed by atoms with Crippen LogP contribution in [0.5, 0.6) is 0 Å². The fraction of sp³-hybridized carbons (Fsp3) is 0.500. The third-order valence-corrected chi connectivity index (χ3v) is 23.3. The van der Waals surface area contributed by atoms with Crippen LogP contribution >= 0.6 is 0 Å². The van der Waals surface area contributed by atoms with Gasteiger partial charge in [0.2, 0.25) is 0 Å². The zero-order valence-corrected chi connectivity index (χ0v) is 23.3. The van der Waals surface area contributed by atoms with E-state index in [1.54, 1.807) is 24.3 Å². The van der Waals surface area contributed by atoms with Crippen LogP contribution in [0.2, 0.25) is 13.3 Å². The molecule has 0 aliphatic rings. The van der Waals surface area contributed by atoms with Crippen LogP contribution in [0.4, 0.5) is 5.69 Å². The van der Waals surface area contributed by atoms with Gasteiger partial charge in [0.05, 0.1) is 0 Å². The minimum absolute atomic E-state index is 0.234. The molecule has 0 aromatic heterocycles. The molecular weight excluding hydrogens is 528 g/mol. The van der Waals surface area contributed by atoms with Gasteiger partial charge in [0.25, 0.3) is 0 Å². The fourth-order valence-electron chi connectivity index (χ4n) is 4.32. The van der Waals surface area contributed by atoms with Crippen LogP contribution < -0.4 is 13.8 Å². The first-order chi connectivity index (χ1) is 15.3. The maximum atomic E-state index is 12.9. The molecule has 2 rings (SSSR count). The average Bonchev–Trinajstić information content (AvgIpc) is 2.79. The minimum atomic E-state index is -3.76. The van der Waals surface area contributed by atoms with E-state index in [-0.39, 0.29) is 10.4 Å². The number of anilines is 1. The molecule has 0 heterocycles. The summed E-state index contributed by atoms with van der Waals surface area (Å²) in [4.78, 5) is 0.234. The first-order valence-electron chi connectivity index (χ1n) is 11.9. The maximum absolute atomic E-state index is 12.9. The van der Waals surface area contributed by atoms with E-state index in [2.05, 4.69) is 37.6 Å². The van der Waals surface area contributed by atoms with Crippen molar-refractivity contribution in [3.63, 3.8) is 0 Å². The molecule has 0 unspecified atom stereocenters. The van der Waals surface area contributed by atoms with E-state index in [0.29, 0.717) is 5.69 Å². The number of hydrogen-bond acceptors (Lipinski definition) is 4. The molecule has 0 amide bonds. The summed E-state index contributed by atoms with van der Waals surface area (Å²) < 4.78 is 33.9. The van der Waals surface area contributed by atoms with Gasteiger partial charge in [-0.3, -0.25) is 0 Å². The number of unbranched alkanes of at least 4 members (excludes halogenated alkanes) is 3. The molecule has 0 saturated heterocycles. The monoisotopic (exact) mass is 567 g/mol. The quantitative estimate of drug-likeness (QED) is 0.299. The molecule has 0 aliphatic carbocycles. The Morgan fingerprint density at radius 3 is 1.84 bits per heavy atom. The van der Waals surface area contributed by atoms with Crippen molar-refractivity contribution in [2.24, 2.45) is 0 Å². The third kappa shape index (κ3) is 7.50. The van der Waals surface area contributed by atoms with E-state index < -0.39 is 35.5 Å². The Kier molecular flexibility index (Phi) is 11.1. The molecule has 3 N–H and O–H groups in total. The zero-order valence-electron chi connectivity index (χ0n) is 19.7. The van der Waals surface area contributed by atoms with Crippen LogP contribution in [0.25, 0.3) is 0 Å². The van der Waals surface area contributed by atoms with E-state index in [1.807, 2.05) is 0 Å². The van der Waals surface area contributed by atoms with E-state index >= 15 is 0 Å². The Labute approximate surface area is 198 Å². The summed E-state index contributed by atoms with van der Waals surface area (Å²) in [6.07, 6.45) is 7.40. The van der Waals surface area contributed by atoms with Gasteiger partial charge in [-0.05, 0) is 0 Å². The predicted molar refractivity (Wildman–Crippen MR) is 138 cm³/mol. The second kappa shape index (κ2) is 13.0. The van der Waals surface area contributed by atoms with Crippen molar-refractivity contribution in [3.05, 3.63) is 48.5 Å². The van der Waals surface area contributed by atoms with Gasteiger partial charge in [-0.2, -0.15) is 0 Å². The van der Waals surface area contributed by atoms with Crippen LogP contribution in [0.15, 0.2) is 53.4 Å². The summed E-state index contributed by atoms with van der Waals surface area (Å²) in [5.41, 5.74) is 0.546. The average molecular weight is 566 g/mol. The molecule has 0 fully saturated rings. The summed E-state index contributed by atoms with van der Waals surface area (Å²) >= 11 is -2.59. The predicted octanol–water partition coefficient (Wildman–Crippen LogP) is 4.22. The van der Waals surface area contributed by atoms with Gasteiger partial charge in [0.15, 0.2) is 0 Å².